The molecule has 1 unspecified atom stereocenters. The first kappa shape index (κ1) is 28.5. The highest BCUT2D eigenvalue weighted by molar-refractivity contribution is 5.94. The number of ether oxygens (including phenoxy) is 1. The fourth-order valence-corrected chi connectivity index (χ4v) is 5.78. The minimum atomic E-state index is -4.64. The third kappa shape index (κ3) is 6.38. The molecule has 12 heteroatoms. The Morgan fingerprint density at radius 3 is 2.13 bits per heavy atom. The highest BCUT2D eigenvalue weighted by Crippen LogP contribution is 2.40. The molecule has 38 heavy (non-hydrogen) atoms. The van der Waals surface area contributed by atoms with E-state index in [1.54, 1.807) is 11.0 Å². The van der Waals surface area contributed by atoms with Gasteiger partial charge in [-0.2, -0.15) is 26.3 Å². The number of likely N-dealkylation sites (tertiary alicyclic amines) is 3. The van der Waals surface area contributed by atoms with Crippen molar-refractivity contribution in [2.45, 2.75) is 82.4 Å². The van der Waals surface area contributed by atoms with Crippen LogP contribution < -0.4 is 0 Å². The summed E-state index contributed by atoms with van der Waals surface area (Å²) in [6.07, 6.45) is -7.30. The summed E-state index contributed by atoms with van der Waals surface area (Å²) in [7, 11) is 0. The van der Waals surface area contributed by atoms with Crippen molar-refractivity contribution < 1.29 is 40.7 Å². The van der Waals surface area contributed by atoms with Crippen LogP contribution in [0.4, 0.5) is 31.1 Å². The number of rotatable bonds is 4. The van der Waals surface area contributed by atoms with Crippen molar-refractivity contribution in [2.24, 2.45) is 0 Å². The average molecular weight is 550 g/mol. The maximum absolute atomic E-state index is 13.7. The van der Waals surface area contributed by atoms with Crippen LogP contribution in [0.1, 0.15) is 73.4 Å². The lowest BCUT2D eigenvalue weighted by atomic mass is 9.84. The molecule has 3 fully saturated rings. The van der Waals surface area contributed by atoms with E-state index in [-0.39, 0.29) is 30.7 Å². The third-order valence-corrected chi connectivity index (χ3v) is 8.02. The van der Waals surface area contributed by atoms with Gasteiger partial charge in [0.05, 0.1) is 5.56 Å². The van der Waals surface area contributed by atoms with Crippen LogP contribution in [0.3, 0.4) is 0 Å². The molecule has 0 aromatic heterocycles. The Morgan fingerprint density at radius 2 is 1.53 bits per heavy atom. The molecule has 4 rings (SSSR count). The zero-order valence-corrected chi connectivity index (χ0v) is 21.3. The van der Waals surface area contributed by atoms with Gasteiger partial charge in [0.25, 0.3) is 5.91 Å². The molecule has 212 valence electrons. The van der Waals surface area contributed by atoms with Gasteiger partial charge >= 0.3 is 18.4 Å². The Hall–Kier alpha value is -2.50. The van der Waals surface area contributed by atoms with Gasteiger partial charge in [0.15, 0.2) is 6.10 Å². The molecule has 0 N–H and O–H groups in total. The maximum atomic E-state index is 13.7. The van der Waals surface area contributed by atoms with Crippen molar-refractivity contribution in [3.8, 4) is 0 Å². The molecular weight excluding hydrogens is 516 g/mol. The molecule has 3 aliphatic heterocycles. The van der Waals surface area contributed by atoms with Crippen molar-refractivity contribution in [2.75, 3.05) is 32.7 Å². The van der Waals surface area contributed by atoms with E-state index in [0.29, 0.717) is 38.0 Å². The molecule has 1 aromatic carbocycles. The van der Waals surface area contributed by atoms with E-state index in [9.17, 15) is 35.9 Å². The number of hydrogen-bond acceptors (Lipinski definition) is 4. The van der Waals surface area contributed by atoms with Crippen LogP contribution in [0.15, 0.2) is 18.2 Å². The van der Waals surface area contributed by atoms with Gasteiger partial charge < -0.3 is 14.5 Å². The van der Waals surface area contributed by atoms with Crippen molar-refractivity contribution in [1.29, 1.82) is 0 Å². The third-order valence-electron chi connectivity index (χ3n) is 8.02. The van der Waals surface area contributed by atoms with Crippen molar-refractivity contribution in [3.63, 3.8) is 0 Å². The van der Waals surface area contributed by atoms with Gasteiger partial charge in [-0.25, -0.2) is 4.79 Å². The molecular formula is C26H33F6N3O3. The molecule has 3 saturated heterocycles. The maximum Gasteiger partial charge on any atom is 0.425 e. The zero-order valence-electron chi connectivity index (χ0n) is 21.3. The smallest absolute Gasteiger partial charge is 0.425 e. The van der Waals surface area contributed by atoms with Crippen LogP contribution in [0.25, 0.3) is 0 Å². The number of amides is 2. The van der Waals surface area contributed by atoms with E-state index < -0.39 is 36.0 Å². The van der Waals surface area contributed by atoms with Gasteiger partial charge in [0.2, 0.25) is 0 Å². The second kappa shape index (κ2) is 10.9. The van der Waals surface area contributed by atoms with E-state index in [1.165, 1.54) is 4.90 Å². The molecule has 3 aliphatic rings. The van der Waals surface area contributed by atoms with Gasteiger partial charge in [-0.1, -0.05) is 0 Å². The number of carbonyl (C=O) groups is 2. The molecule has 1 spiro atoms. The van der Waals surface area contributed by atoms with Crippen LogP contribution >= 0.6 is 0 Å². The van der Waals surface area contributed by atoms with E-state index in [1.807, 2.05) is 0 Å². The molecule has 1 atom stereocenters. The first-order chi connectivity index (χ1) is 17.8. The number of alkyl halides is 6. The summed E-state index contributed by atoms with van der Waals surface area (Å²) in [5, 5.41) is 0. The molecule has 3 heterocycles. The first-order valence-electron chi connectivity index (χ1n) is 13.1. The summed E-state index contributed by atoms with van der Waals surface area (Å²) >= 11 is 0. The average Bonchev–Trinajstić information content (AvgIpc) is 3.24. The van der Waals surface area contributed by atoms with Crippen molar-refractivity contribution >= 4 is 12.0 Å². The minimum Gasteiger partial charge on any atom is -0.437 e. The van der Waals surface area contributed by atoms with Crippen LogP contribution in [0, 0.1) is 0 Å². The van der Waals surface area contributed by atoms with Crippen LogP contribution in [0.5, 0.6) is 0 Å². The predicted molar refractivity (Wildman–Crippen MR) is 126 cm³/mol. The Balaban J connectivity index is 1.47. The number of nitrogens with zero attached hydrogens (tertiary/aromatic N) is 3. The zero-order chi connectivity index (χ0) is 27.7. The van der Waals surface area contributed by atoms with Crippen molar-refractivity contribution in [3.05, 3.63) is 34.9 Å². The van der Waals surface area contributed by atoms with E-state index in [4.69, 9.17) is 0 Å². The molecule has 0 saturated carbocycles. The number of carbonyl (C=O) groups excluding carboxylic acids is 2. The van der Waals surface area contributed by atoms with Crippen LogP contribution in [-0.4, -0.2) is 77.2 Å². The van der Waals surface area contributed by atoms with E-state index in [0.717, 1.165) is 51.2 Å². The topological polar surface area (TPSA) is 53.1 Å². The number of hydrogen-bond donors (Lipinski definition) is 0. The summed E-state index contributed by atoms with van der Waals surface area (Å²) in [6.45, 7) is 3.07. The predicted octanol–water partition coefficient (Wildman–Crippen LogP) is 5.85. The van der Waals surface area contributed by atoms with Crippen LogP contribution in [0.2, 0.25) is 0 Å². The van der Waals surface area contributed by atoms with Crippen molar-refractivity contribution in [1.82, 2.24) is 14.7 Å². The van der Waals surface area contributed by atoms with E-state index in [2.05, 4.69) is 9.64 Å². The summed E-state index contributed by atoms with van der Waals surface area (Å²) in [6, 6.07) is 3.56. The van der Waals surface area contributed by atoms with Gasteiger partial charge in [-0.3, -0.25) is 9.69 Å². The van der Waals surface area contributed by atoms with Gasteiger partial charge in [-0.15, -0.1) is 0 Å². The lowest BCUT2D eigenvalue weighted by Crippen LogP contribution is -2.53. The monoisotopic (exact) mass is 549 g/mol. The second-order valence-corrected chi connectivity index (χ2v) is 10.6. The Bertz CT molecular complexity index is 1010. The van der Waals surface area contributed by atoms with E-state index >= 15 is 0 Å². The SMILES string of the molecule is CC(OC(=O)N1CCC2(CCCN2Cc2cc(C(=O)N3CCCCC3)cc(C(F)(F)F)c2)CC1)C(F)(F)F. The lowest BCUT2D eigenvalue weighted by molar-refractivity contribution is -0.200. The summed E-state index contributed by atoms with van der Waals surface area (Å²) < 4.78 is 84.1. The summed E-state index contributed by atoms with van der Waals surface area (Å²) in [5.74, 6) is -0.395. The first-order valence-corrected chi connectivity index (χ1v) is 13.1. The molecule has 2 amide bonds. The number of piperidine rings is 2. The highest BCUT2D eigenvalue weighted by Gasteiger charge is 2.45. The molecule has 6 nitrogen and oxygen atoms in total. The number of benzene rings is 1. The molecule has 0 radical (unpaired) electrons. The van der Waals surface area contributed by atoms with Crippen LogP contribution in [-0.2, 0) is 17.5 Å². The van der Waals surface area contributed by atoms with Gasteiger partial charge in [-0.05, 0) is 82.2 Å². The largest absolute Gasteiger partial charge is 0.437 e. The summed E-state index contributed by atoms with van der Waals surface area (Å²) in [5.41, 5.74) is -0.818. The quantitative estimate of drug-likeness (QED) is 0.443. The molecule has 0 aliphatic carbocycles. The Kier molecular flexibility index (Phi) is 8.20. The minimum absolute atomic E-state index is 0.0290. The van der Waals surface area contributed by atoms with Gasteiger partial charge in [0, 0.05) is 43.8 Å². The highest BCUT2D eigenvalue weighted by atomic mass is 19.4. The summed E-state index contributed by atoms with van der Waals surface area (Å²) in [4.78, 5) is 30.2. The Morgan fingerprint density at radius 1 is 0.868 bits per heavy atom. The second-order valence-electron chi connectivity index (χ2n) is 10.6. The van der Waals surface area contributed by atoms with Gasteiger partial charge in [0.1, 0.15) is 0 Å². The standard InChI is InChI=1S/C26H33F6N3O3/c1-18(25(27,28)29)38-23(37)34-12-7-24(8-13-34)6-5-11-35(24)17-19-14-20(16-21(15-19)26(30,31)32)22(36)33-9-3-2-4-10-33/h14-16,18H,2-13,17H2,1H3. The molecule has 1 aromatic rings. The fourth-order valence-electron chi connectivity index (χ4n) is 5.78. The normalized spacial score (nSPS) is 21.6. The Labute approximate surface area is 217 Å². The lowest BCUT2D eigenvalue weighted by Gasteiger charge is -2.45. The fraction of sp³-hybridized carbons (Fsp3) is 0.692. The molecule has 0 bridgehead atoms. The number of halogens is 6.